The average molecular weight is 403 g/mol. The Kier molecular flexibility index (Phi) is 6.13. The molecule has 3 atom stereocenters. The van der Waals surface area contributed by atoms with Crippen molar-refractivity contribution in [2.75, 3.05) is 37.7 Å². The number of rotatable bonds is 5. The summed E-state index contributed by atoms with van der Waals surface area (Å²) >= 11 is 1.55. The molecular weight excluding hydrogens is 372 g/mol. The molecule has 6 nitrogen and oxygen atoms in total. The van der Waals surface area contributed by atoms with Crippen LogP contribution in [0.5, 0.6) is 0 Å². The molecule has 1 aromatic heterocycles. The summed E-state index contributed by atoms with van der Waals surface area (Å²) in [5.74, 6) is 1.39. The maximum Gasteiger partial charge on any atom is 0.225 e. The molecule has 1 aromatic carbocycles. The molecule has 1 aliphatic carbocycles. The number of hydrogen-bond donors (Lipinski definition) is 1. The number of carbonyl (C=O) groups excluding carboxylic acids is 1. The molecule has 1 amide bonds. The highest BCUT2D eigenvalue weighted by Gasteiger charge is 2.35. The average Bonchev–Trinajstić information content (AvgIpc) is 3.17. The molecule has 2 aromatic rings. The molecule has 2 heterocycles. The van der Waals surface area contributed by atoms with Crippen molar-refractivity contribution in [3.8, 4) is 0 Å². The lowest BCUT2D eigenvalue weighted by Crippen LogP contribution is -2.52. The van der Waals surface area contributed by atoms with Crippen molar-refractivity contribution >= 4 is 33.3 Å². The van der Waals surface area contributed by atoms with Crippen LogP contribution in [0.2, 0.25) is 0 Å². The molecule has 1 aliphatic heterocycles. The van der Waals surface area contributed by atoms with Gasteiger partial charge in [0.1, 0.15) is 5.82 Å². The SMILES string of the molecule is CCCO[C@H]1C[C@@H](C(=O)N2CCN(c3nsc4ccccc34)CC2)CC[C@@H]1N. The van der Waals surface area contributed by atoms with E-state index in [4.69, 9.17) is 10.5 Å². The smallest absolute Gasteiger partial charge is 0.225 e. The van der Waals surface area contributed by atoms with Gasteiger partial charge in [-0.3, -0.25) is 4.79 Å². The Labute approximate surface area is 170 Å². The highest BCUT2D eigenvalue weighted by atomic mass is 32.1. The van der Waals surface area contributed by atoms with Crippen molar-refractivity contribution in [2.45, 2.75) is 44.8 Å². The van der Waals surface area contributed by atoms with E-state index in [-0.39, 0.29) is 24.0 Å². The number of hydrogen-bond acceptors (Lipinski definition) is 6. The Hall–Kier alpha value is -1.70. The van der Waals surface area contributed by atoms with Gasteiger partial charge in [0, 0.05) is 50.1 Å². The van der Waals surface area contributed by atoms with Crippen LogP contribution < -0.4 is 10.6 Å². The van der Waals surface area contributed by atoms with Gasteiger partial charge in [-0.1, -0.05) is 19.1 Å². The molecule has 7 heteroatoms. The monoisotopic (exact) mass is 402 g/mol. The van der Waals surface area contributed by atoms with Crippen molar-refractivity contribution < 1.29 is 9.53 Å². The van der Waals surface area contributed by atoms with E-state index in [0.29, 0.717) is 0 Å². The summed E-state index contributed by atoms with van der Waals surface area (Å²) in [6.45, 7) is 6.01. The number of carbonyl (C=O) groups is 1. The molecule has 28 heavy (non-hydrogen) atoms. The molecule has 2 aliphatic rings. The van der Waals surface area contributed by atoms with Gasteiger partial charge in [-0.25, -0.2) is 0 Å². The number of amides is 1. The van der Waals surface area contributed by atoms with E-state index in [2.05, 4.69) is 40.5 Å². The second kappa shape index (κ2) is 8.76. The lowest BCUT2D eigenvalue weighted by molar-refractivity contribution is -0.139. The molecule has 1 saturated heterocycles. The summed E-state index contributed by atoms with van der Waals surface area (Å²) in [5.41, 5.74) is 6.22. The van der Waals surface area contributed by atoms with Crippen LogP contribution in [-0.4, -0.2) is 60.1 Å². The largest absolute Gasteiger partial charge is 0.377 e. The fourth-order valence-corrected chi connectivity index (χ4v) is 5.13. The Morgan fingerprint density at radius 1 is 1.25 bits per heavy atom. The second-order valence-corrected chi connectivity index (χ2v) is 8.70. The van der Waals surface area contributed by atoms with Crippen LogP contribution in [0.3, 0.4) is 0 Å². The van der Waals surface area contributed by atoms with E-state index in [1.54, 1.807) is 11.5 Å². The summed E-state index contributed by atoms with van der Waals surface area (Å²) < 4.78 is 11.8. The molecule has 0 radical (unpaired) electrons. The Morgan fingerprint density at radius 3 is 2.82 bits per heavy atom. The fraction of sp³-hybridized carbons (Fsp3) is 0.619. The maximum atomic E-state index is 13.1. The highest BCUT2D eigenvalue weighted by Crippen LogP contribution is 2.31. The second-order valence-electron chi connectivity index (χ2n) is 7.90. The van der Waals surface area contributed by atoms with Crippen molar-refractivity contribution in [1.29, 1.82) is 0 Å². The highest BCUT2D eigenvalue weighted by molar-refractivity contribution is 7.13. The first-order chi connectivity index (χ1) is 13.7. The van der Waals surface area contributed by atoms with E-state index < -0.39 is 0 Å². The molecule has 1 saturated carbocycles. The topological polar surface area (TPSA) is 71.7 Å². The standard InChI is InChI=1S/C21H30N4O2S/c1-2-13-27-18-14-15(7-8-17(18)22)21(26)25-11-9-24(10-12-25)20-16-5-3-4-6-19(16)28-23-20/h3-6,15,17-18H,2,7-14,22H2,1H3/t15-,17-,18-/m0/s1. The number of aromatic nitrogens is 1. The van der Waals surface area contributed by atoms with Gasteiger partial charge in [-0.2, -0.15) is 4.37 Å². The van der Waals surface area contributed by atoms with Crippen molar-refractivity contribution in [3.63, 3.8) is 0 Å². The first-order valence-corrected chi connectivity index (χ1v) is 11.2. The van der Waals surface area contributed by atoms with Crippen LogP contribution >= 0.6 is 11.5 Å². The third-order valence-corrected chi connectivity index (χ3v) is 6.79. The number of fused-ring (bicyclic) bond motifs is 1. The van der Waals surface area contributed by atoms with Gasteiger partial charge in [0.25, 0.3) is 0 Å². The van der Waals surface area contributed by atoms with E-state index in [1.165, 1.54) is 10.1 Å². The molecule has 0 unspecified atom stereocenters. The van der Waals surface area contributed by atoms with Crippen LogP contribution in [0, 0.1) is 5.92 Å². The molecule has 152 valence electrons. The summed E-state index contributed by atoms with van der Waals surface area (Å²) in [5, 5.41) is 1.21. The van der Waals surface area contributed by atoms with Crippen LogP contribution in [0.25, 0.3) is 10.1 Å². The first-order valence-electron chi connectivity index (χ1n) is 10.4. The number of nitrogens with zero attached hydrogens (tertiary/aromatic N) is 3. The molecule has 0 spiro atoms. The fourth-order valence-electron chi connectivity index (χ4n) is 4.34. The lowest BCUT2D eigenvalue weighted by Gasteiger charge is -2.39. The number of ether oxygens (including phenoxy) is 1. The van der Waals surface area contributed by atoms with Crippen molar-refractivity contribution in [2.24, 2.45) is 11.7 Å². The third-order valence-electron chi connectivity index (χ3n) is 5.98. The molecule has 2 fully saturated rings. The Morgan fingerprint density at radius 2 is 2.04 bits per heavy atom. The quantitative estimate of drug-likeness (QED) is 0.833. The van der Waals surface area contributed by atoms with Crippen LogP contribution in [0.15, 0.2) is 24.3 Å². The van der Waals surface area contributed by atoms with E-state index in [1.807, 2.05) is 4.90 Å². The summed E-state index contributed by atoms with van der Waals surface area (Å²) in [7, 11) is 0. The van der Waals surface area contributed by atoms with Gasteiger partial charge in [-0.15, -0.1) is 0 Å². The van der Waals surface area contributed by atoms with Crippen LogP contribution in [0.1, 0.15) is 32.6 Å². The molecular formula is C21H30N4O2S. The third kappa shape index (κ3) is 4.02. The number of benzene rings is 1. The van der Waals surface area contributed by atoms with Gasteiger partial charge < -0.3 is 20.3 Å². The Bertz CT molecular complexity index is 803. The normalized spacial score (nSPS) is 26.0. The Balaban J connectivity index is 1.35. The number of nitrogens with two attached hydrogens (primary N) is 1. The minimum absolute atomic E-state index is 0.0188. The molecule has 0 bridgehead atoms. The van der Waals surface area contributed by atoms with Crippen molar-refractivity contribution in [1.82, 2.24) is 9.27 Å². The van der Waals surface area contributed by atoms with Crippen LogP contribution in [-0.2, 0) is 9.53 Å². The number of piperazine rings is 1. The van der Waals surface area contributed by atoms with Gasteiger partial charge in [0.05, 0.1) is 10.8 Å². The van der Waals surface area contributed by atoms with Gasteiger partial charge in [0.15, 0.2) is 0 Å². The summed E-state index contributed by atoms with van der Waals surface area (Å²) in [4.78, 5) is 17.4. The van der Waals surface area contributed by atoms with Gasteiger partial charge in [-0.05, 0) is 49.3 Å². The predicted octanol–water partition coefficient (Wildman–Crippen LogP) is 2.87. The summed E-state index contributed by atoms with van der Waals surface area (Å²) in [6.07, 6.45) is 3.51. The lowest BCUT2D eigenvalue weighted by atomic mass is 9.83. The van der Waals surface area contributed by atoms with E-state index in [0.717, 1.165) is 64.3 Å². The van der Waals surface area contributed by atoms with Crippen LogP contribution in [0.4, 0.5) is 5.82 Å². The predicted molar refractivity (Wildman–Crippen MR) is 114 cm³/mol. The van der Waals surface area contributed by atoms with Gasteiger partial charge in [0.2, 0.25) is 5.91 Å². The minimum atomic E-state index is 0.0188. The zero-order valence-electron chi connectivity index (χ0n) is 16.5. The van der Waals surface area contributed by atoms with Gasteiger partial charge >= 0.3 is 0 Å². The minimum Gasteiger partial charge on any atom is -0.377 e. The van der Waals surface area contributed by atoms with E-state index in [9.17, 15) is 4.79 Å². The summed E-state index contributed by atoms with van der Waals surface area (Å²) in [6, 6.07) is 8.42. The van der Waals surface area contributed by atoms with Crippen molar-refractivity contribution in [3.05, 3.63) is 24.3 Å². The zero-order valence-corrected chi connectivity index (χ0v) is 17.4. The molecule has 2 N–H and O–H groups in total. The maximum absolute atomic E-state index is 13.1. The molecule has 4 rings (SSSR count). The van der Waals surface area contributed by atoms with E-state index >= 15 is 0 Å². The first kappa shape index (κ1) is 19.6. The zero-order chi connectivity index (χ0) is 19.5. The number of anilines is 1.